The summed E-state index contributed by atoms with van der Waals surface area (Å²) in [5.41, 5.74) is 6.30. The standard InChI is InChI=1S/C26H35NO2.C9H11NS.2C3H8.C2H6/c1-7-18(4)16-21-8-10-23(11-9-21)24-14-12-22(13-15-24)20(6)27-25(26(28)29)19(5)17(2)3;1-4-5-6-9-7(2)11-8(3)10-9;2*1-3-2;1-2/h8-15,17-19,25,27H,6-7,16H2,1-5H3,(H,28,29);4-6H,1H2,2-3H3;2*3H2,1-2H3;1-2H3/b;6-5-;;;/t18-,19?,25?;;;;/m0..../s1. The smallest absolute Gasteiger partial charge is 0.326 e. The van der Waals surface area contributed by atoms with Gasteiger partial charge in [0, 0.05) is 10.6 Å². The van der Waals surface area contributed by atoms with Crippen LogP contribution in [0, 0.1) is 31.6 Å². The van der Waals surface area contributed by atoms with Crippen molar-refractivity contribution in [3.8, 4) is 11.1 Å². The van der Waals surface area contributed by atoms with E-state index in [1.807, 2.05) is 65.8 Å². The molecule has 0 saturated carbocycles. The van der Waals surface area contributed by atoms with Gasteiger partial charge < -0.3 is 10.4 Å². The van der Waals surface area contributed by atoms with E-state index in [2.05, 4.69) is 108 Å². The summed E-state index contributed by atoms with van der Waals surface area (Å²) in [6, 6.07) is 16.2. The Morgan fingerprint density at radius 1 is 0.896 bits per heavy atom. The first kappa shape index (κ1) is 46.7. The third kappa shape index (κ3) is 18.8. The molecule has 0 fully saturated rings. The Morgan fingerprint density at radius 3 is 1.75 bits per heavy atom. The van der Waals surface area contributed by atoms with E-state index in [0.29, 0.717) is 11.6 Å². The first-order valence-electron chi connectivity index (χ1n) is 17.9. The maximum atomic E-state index is 11.7. The molecule has 0 amide bonds. The number of carboxylic acids is 1. The number of thiazole rings is 1. The zero-order chi connectivity index (χ0) is 37.2. The molecule has 0 bridgehead atoms. The number of hydrogen-bond donors (Lipinski definition) is 2. The van der Waals surface area contributed by atoms with Crippen LogP contribution in [0.15, 0.2) is 73.8 Å². The van der Waals surface area contributed by atoms with Gasteiger partial charge in [0.05, 0.1) is 10.7 Å². The van der Waals surface area contributed by atoms with Crippen LogP contribution in [-0.4, -0.2) is 22.1 Å². The number of benzene rings is 2. The molecule has 48 heavy (non-hydrogen) atoms. The van der Waals surface area contributed by atoms with Crippen LogP contribution in [0.2, 0.25) is 0 Å². The summed E-state index contributed by atoms with van der Waals surface area (Å²) in [4.78, 5) is 17.3. The van der Waals surface area contributed by atoms with Crippen LogP contribution in [0.1, 0.15) is 122 Å². The number of aromatic nitrogens is 1. The van der Waals surface area contributed by atoms with Gasteiger partial charge in [-0.25, -0.2) is 9.78 Å². The molecule has 0 aliphatic carbocycles. The van der Waals surface area contributed by atoms with E-state index in [0.717, 1.165) is 28.2 Å². The Bertz CT molecular complexity index is 1300. The molecule has 1 aromatic heterocycles. The van der Waals surface area contributed by atoms with Crippen molar-refractivity contribution in [2.75, 3.05) is 0 Å². The molecule has 3 atom stereocenters. The molecule has 0 aliphatic heterocycles. The monoisotopic (exact) mass is 677 g/mol. The third-order valence-electron chi connectivity index (χ3n) is 7.30. The topological polar surface area (TPSA) is 62.2 Å². The molecule has 2 N–H and O–H groups in total. The highest BCUT2D eigenvalue weighted by atomic mass is 32.1. The Balaban J connectivity index is 0. The number of carboxylic acid groups (broad SMARTS) is 1. The zero-order valence-corrected chi connectivity index (χ0v) is 33.4. The second-order valence-corrected chi connectivity index (χ2v) is 13.6. The number of carbonyl (C=O) groups is 1. The molecule has 4 nitrogen and oxygen atoms in total. The summed E-state index contributed by atoms with van der Waals surface area (Å²) >= 11 is 1.72. The third-order valence-corrected chi connectivity index (χ3v) is 8.21. The van der Waals surface area contributed by atoms with Gasteiger partial charge in [0.25, 0.3) is 0 Å². The average molecular weight is 677 g/mol. The van der Waals surface area contributed by atoms with Crippen LogP contribution < -0.4 is 5.32 Å². The molecule has 3 rings (SSSR count). The summed E-state index contributed by atoms with van der Waals surface area (Å²) < 4.78 is 0. The highest BCUT2D eigenvalue weighted by Gasteiger charge is 2.27. The van der Waals surface area contributed by atoms with Gasteiger partial charge in [0.1, 0.15) is 6.04 Å². The Hall–Kier alpha value is -3.44. The molecule has 0 aliphatic rings. The Morgan fingerprint density at radius 2 is 1.38 bits per heavy atom. The molecule has 5 heteroatoms. The number of nitrogens with zero attached hydrogens (tertiary/aromatic N) is 1. The van der Waals surface area contributed by atoms with E-state index in [1.54, 1.807) is 17.4 Å². The van der Waals surface area contributed by atoms with Gasteiger partial charge in [-0.05, 0) is 66.4 Å². The molecule has 268 valence electrons. The fraction of sp³-hybridized carbons (Fsp3) is 0.488. The molecule has 2 unspecified atom stereocenters. The van der Waals surface area contributed by atoms with Crippen molar-refractivity contribution in [1.82, 2.24) is 10.3 Å². The largest absolute Gasteiger partial charge is 0.480 e. The van der Waals surface area contributed by atoms with Crippen molar-refractivity contribution in [2.24, 2.45) is 17.8 Å². The van der Waals surface area contributed by atoms with Gasteiger partial charge in [-0.3, -0.25) is 0 Å². The van der Waals surface area contributed by atoms with Gasteiger partial charge in [-0.1, -0.05) is 169 Å². The fourth-order valence-electron chi connectivity index (χ4n) is 4.18. The second kappa shape index (κ2) is 27.5. The number of rotatable bonds is 12. The fourth-order valence-corrected chi connectivity index (χ4v) is 4.98. The van der Waals surface area contributed by atoms with Gasteiger partial charge in [-0.2, -0.15) is 0 Å². The summed E-state index contributed by atoms with van der Waals surface area (Å²) in [5, 5.41) is 13.8. The normalized spacial score (nSPS) is 12.0. The van der Waals surface area contributed by atoms with E-state index in [9.17, 15) is 9.90 Å². The molecule has 1 heterocycles. The summed E-state index contributed by atoms with van der Waals surface area (Å²) in [6.45, 7) is 34.8. The van der Waals surface area contributed by atoms with E-state index < -0.39 is 12.0 Å². The van der Waals surface area contributed by atoms with Crippen molar-refractivity contribution in [3.05, 3.63) is 101 Å². The van der Waals surface area contributed by atoms with Crippen molar-refractivity contribution >= 4 is 29.1 Å². The SMILES string of the molecule is C=C(NC(C(=O)O)C(C)C(C)C)c1ccc(-c2ccc(C[C@@H](C)CC)cc2)cc1.C=C/C=C\c1nc(C)sc1C.CC.CCC.CCC. The lowest BCUT2D eigenvalue weighted by atomic mass is 9.90. The van der Waals surface area contributed by atoms with Gasteiger partial charge >= 0.3 is 5.97 Å². The Labute approximate surface area is 299 Å². The summed E-state index contributed by atoms with van der Waals surface area (Å²) in [7, 11) is 0. The molecule has 3 aromatic rings. The van der Waals surface area contributed by atoms with Crippen LogP contribution >= 0.6 is 11.3 Å². The number of aryl methyl sites for hydroxylation is 2. The minimum Gasteiger partial charge on any atom is -0.480 e. The number of nitrogens with one attached hydrogen (secondary N) is 1. The van der Waals surface area contributed by atoms with E-state index >= 15 is 0 Å². The molecule has 0 radical (unpaired) electrons. The van der Waals surface area contributed by atoms with E-state index in [-0.39, 0.29) is 11.8 Å². The lowest BCUT2D eigenvalue weighted by Crippen LogP contribution is -2.42. The number of hydrogen-bond acceptors (Lipinski definition) is 4. The van der Waals surface area contributed by atoms with Crippen LogP contribution in [-0.2, 0) is 11.2 Å². The number of aliphatic carboxylic acids is 1. The minimum absolute atomic E-state index is 0.00235. The van der Waals surface area contributed by atoms with Gasteiger partial charge in [0.15, 0.2) is 0 Å². The maximum Gasteiger partial charge on any atom is 0.326 e. The zero-order valence-electron chi connectivity index (χ0n) is 32.6. The predicted molar refractivity (Wildman–Crippen MR) is 217 cm³/mol. The lowest BCUT2D eigenvalue weighted by Gasteiger charge is -2.26. The quantitative estimate of drug-likeness (QED) is 0.187. The Kier molecular flexibility index (Phi) is 26.7. The van der Waals surface area contributed by atoms with Gasteiger partial charge in [0.2, 0.25) is 0 Å². The molecule has 0 spiro atoms. The molecule has 2 aromatic carbocycles. The highest BCUT2D eigenvalue weighted by molar-refractivity contribution is 7.11. The minimum atomic E-state index is -0.846. The van der Waals surface area contributed by atoms with Crippen LogP contribution in [0.4, 0.5) is 0 Å². The van der Waals surface area contributed by atoms with Crippen molar-refractivity contribution in [1.29, 1.82) is 0 Å². The predicted octanol–water partition coefficient (Wildman–Crippen LogP) is 13.1. The first-order chi connectivity index (χ1) is 22.8. The maximum absolute atomic E-state index is 11.7. The van der Waals surface area contributed by atoms with Crippen LogP contribution in [0.3, 0.4) is 0 Å². The van der Waals surface area contributed by atoms with Gasteiger partial charge in [-0.15, -0.1) is 11.3 Å². The second-order valence-electron chi connectivity index (χ2n) is 12.2. The van der Waals surface area contributed by atoms with Crippen molar-refractivity contribution < 1.29 is 9.90 Å². The molecule has 0 saturated heterocycles. The average Bonchev–Trinajstić information content (AvgIpc) is 3.40. The van der Waals surface area contributed by atoms with Crippen LogP contribution in [0.5, 0.6) is 0 Å². The summed E-state index contributed by atoms with van der Waals surface area (Å²) in [5.74, 6) is 0.118. The van der Waals surface area contributed by atoms with Crippen LogP contribution in [0.25, 0.3) is 22.9 Å². The number of allylic oxidation sites excluding steroid dienone is 2. The van der Waals surface area contributed by atoms with Crippen molar-refractivity contribution in [3.63, 3.8) is 0 Å². The lowest BCUT2D eigenvalue weighted by molar-refractivity contribution is -0.140. The molecular formula is C43H68N2O2S. The van der Waals surface area contributed by atoms with E-state index in [4.69, 9.17) is 0 Å². The highest BCUT2D eigenvalue weighted by Crippen LogP contribution is 2.24. The summed E-state index contributed by atoms with van der Waals surface area (Å²) in [6.07, 6.45) is 10.4. The first-order valence-corrected chi connectivity index (χ1v) is 18.7. The molecular weight excluding hydrogens is 609 g/mol. The van der Waals surface area contributed by atoms with Crippen molar-refractivity contribution in [2.45, 2.75) is 122 Å². The van der Waals surface area contributed by atoms with E-state index in [1.165, 1.54) is 35.3 Å².